The van der Waals surface area contributed by atoms with Crippen molar-refractivity contribution in [2.24, 2.45) is 0 Å². The summed E-state index contributed by atoms with van der Waals surface area (Å²) in [6.45, 7) is 14.0. The van der Waals surface area contributed by atoms with Crippen LogP contribution in [0.25, 0.3) is 38.6 Å². The molecular formula is C46H41BN4Se. The summed E-state index contributed by atoms with van der Waals surface area (Å²) >= 11 is 0.110. The first-order valence-electron chi connectivity index (χ1n) is 18.3. The first-order chi connectivity index (χ1) is 25.0. The molecule has 0 atom stereocenters. The number of anilines is 3. The molecule has 52 heavy (non-hydrogen) atoms. The van der Waals surface area contributed by atoms with E-state index in [1.807, 2.05) is 0 Å². The van der Waals surface area contributed by atoms with E-state index in [2.05, 4.69) is 200 Å². The molecule has 0 N–H and O–H groups in total. The van der Waals surface area contributed by atoms with Gasteiger partial charge in [-0.25, -0.2) is 0 Å². The number of para-hydroxylation sites is 2. The predicted octanol–water partition coefficient (Wildman–Crippen LogP) is 9.19. The van der Waals surface area contributed by atoms with Crippen molar-refractivity contribution in [2.75, 3.05) is 4.90 Å². The maximum atomic E-state index is 2.60. The molecule has 0 spiro atoms. The number of hydrogen-bond donors (Lipinski definition) is 0. The summed E-state index contributed by atoms with van der Waals surface area (Å²) in [4.78, 5) is 2.53. The van der Waals surface area contributed by atoms with E-state index in [-0.39, 0.29) is 32.8 Å². The van der Waals surface area contributed by atoms with E-state index in [9.17, 15) is 0 Å². The number of fused-ring (bicyclic) bond motifs is 7. The zero-order valence-corrected chi connectivity index (χ0v) is 32.3. The summed E-state index contributed by atoms with van der Waals surface area (Å²) in [6, 6.07) is 47.5. The van der Waals surface area contributed by atoms with Crippen molar-refractivity contribution >= 4 is 75.5 Å². The van der Waals surface area contributed by atoms with Gasteiger partial charge in [-0.2, -0.15) is 0 Å². The first kappa shape index (κ1) is 31.6. The van der Waals surface area contributed by atoms with Gasteiger partial charge >= 0.3 is 314 Å². The molecule has 10 rings (SSSR count). The molecule has 0 aliphatic carbocycles. The van der Waals surface area contributed by atoms with Crippen LogP contribution in [0.5, 0.6) is 0 Å². The Morgan fingerprint density at radius 2 is 1.12 bits per heavy atom. The van der Waals surface area contributed by atoms with Gasteiger partial charge in [0.2, 0.25) is 0 Å². The number of nitrogens with zero attached hydrogens (tertiary/aromatic N) is 4. The summed E-state index contributed by atoms with van der Waals surface area (Å²) < 4.78 is 10.5. The van der Waals surface area contributed by atoms with E-state index in [0.29, 0.717) is 0 Å². The van der Waals surface area contributed by atoms with Crippen molar-refractivity contribution in [1.82, 2.24) is 13.5 Å². The van der Waals surface area contributed by atoms with Gasteiger partial charge in [0.1, 0.15) is 0 Å². The SMILES string of the molecule is CC(C)(C)c1cc2n(c1)B1c3c(cc(-n4c5ccccc5c5ccccc54)cc3N(c3ccc(-c4ccccc4)cc3)c3cc(C(C)(C)C)cn31)[Se]2. The second-order valence-electron chi connectivity index (χ2n) is 16.4. The fourth-order valence-electron chi connectivity index (χ4n) is 8.20. The Morgan fingerprint density at radius 3 is 1.77 bits per heavy atom. The number of aromatic nitrogens is 3. The number of hydrogen-bond acceptors (Lipinski definition) is 1. The molecule has 4 nitrogen and oxygen atoms in total. The minimum absolute atomic E-state index is 0.00891. The summed E-state index contributed by atoms with van der Waals surface area (Å²) in [5, 5.41) is 2.57. The molecule has 5 heterocycles. The second kappa shape index (κ2) is 11.2. The molecule has 8 aromatic rings. The average molecular weight is 740 g/mol. The van der Waals surface area contributed by atoms with E-state index in [4.69, 9.17) is 0 Å². The molecule has 0 saturated carbocycles. The Hall–Kier alpha value is -5.16. The van der Waals surface area contributed by atoms with E-state index < -0.39 is 0 Å². The second-order valence-corrected chi connectivity index (χ2v) is 18.7. The van der Waals surface area contributed by atoms with Gasteiger partial charge in [0.15, 0.2) is 0 Å². The zero-order valence-electron chi connectivity index (χ0n) is 30.6. The van der Waals surface area contributed by atoms with Crippen LogP contribution in [0.3, 0.4) is 0 Å². The van der Waals surface area contributed by atoms with Crippen LogP contribution in [0.2, 0.25) is 0 Å². The molecule has 3 aromatic heterocycles. The van der Waals surface area contributed by atoms with E-state index in [0.717, 1.165) is 0 Å². The fourth-order valence-corrected chi connectivity index (χ4v) is 10.7. The van der Waals surface area contributed by atoms with Crippen LogP contribution < -0.4 is 19.4 Å². The van der Waals surface area contributed by atoms with Crippen LogP contribution in [0, 0.1) is 0 Å². The van der Waals surface area contributed by atoms with E-state index >= 15 is 0 Å². The average Bonchev–Trinajstić information content (AvgIpc) is 3.86. The van der Waals surface area contributed by atoms with Crippen molar-refractivity contribution in [3.05, 3.63) is 151 Å². The van der Waals surface area contributed by atoms with Crippen LogP contribution in [0.15, 0.2) is 140 Å². The van der Waals surface area contributed by atoms with Crippen LogP contribution in [-0.2, 0) is 10.8 Å². The number of rotatable bonds is 3. The van der Waals surface area contributed by atoms with Gasteiger partial charge in [-0.3, -0.25) is 0 Å². The monoisotopic (exact) mass is 740 g/mol. The van der Waals surface area contributed by atoms with Crippen molar-refractivity contribution < 1.29 is 0 Å². The summed E-state index contributed by atoms with van der Waals surface area (Å²) in [5.74, 6) is 1.20. The Balaban J connectivity index is 1.27. The molecule has 0 saturated heterocycles. The van der Waals surface area contributed by atoms with Crippen LogP contribution >= 0.6 is 0 Å². The van der Waals surface area contributed by atoms with Gasteiger partial charge in [0, 0.05) is 0 Å². The predicted molar refractivity (Wildman–Crippen MR) is 222 cm³/mol. The third-order valence-electron chi connectivity index (χ3n) is 11.0. The Kier molecular flexibility index (Phi) is 6.78. The van der Waals surface area contributed by atoms with Crippen molar-refractivity contribution in [2.45, 2.75) is 52.4 Å². The van der Waals surface area contributed by atoms with Gasteiger partial charge in [0.25, 0.3) is 0 Å². The third-order valence-corrected chi connectivity index (χ3v) is 13.3. The third kappa shape index (κ3) is 4.74. The molecule has 0 unspecified atom stereocenters. The van der Waals surface area contributed by atoms with Crippen LogP contribution in [0.4, 0.5) is 17.2 Å². The molecule has 254 valence electrons. The summed E-state index contributed by atoms with van der Waals surface area (Å²) in [5.41, 5.74) is 12.8. The molecule has 2 aliphatic rings. The van der Waals surface area contributed by atoms with Crippen LogP contribution in [-0.4, -0.2) is 35.5 Å². The molecule has 5 aromatic carbocycles. The van der Waals surface area contributed by atoms with Gasteiger partial charge < -0.3 is 0 Å². The molecule has 2 aliphatic heterocycles. The minimum atomic E-state index is -0.00891. The van der Waals surface area contributed by atoms with E-state index in [1.54, 1.807) is 0 Å². The molecule has 0 fully saturated rings. The topological polar surface area (TPSA) is 18.0 Å². The van der Waals surface area contributed by atoms with Gasteiger partial charge in [-0.1, -0.05) is 0 Å². The normalized spacial score (nSPS) is 13.8. The fraction of sp³-hybridized carbons (Fsp3) is 0.174. The standard InChI is InChI=1S/C46H41BN4Se/c1-45(2,3)32-24-42-48(28-32)47-44-40(51(42)34-22-20-31(21-23-34)30-14-8-7-9-15-30)26-35(27-41(44)52-43-25-33(29-49(43)47)46(4,5)6)50-38-18-12-10-16-36(38)37-17-11-13-19-39(37)50/h7-29H,1-6H3. The molecule has 0 amide bonds. The van der Waals surface area contributed by atoms with Crippen molar-refractivity contribution in [1.29, 1.82) is 0 Å². The molecule has 6 heteroatoms. The molecule has 0 bridgehead atoms. The van der Waals surface area contributed by atoms with Gasteiger partial charge in [-0.15, -0.1) is 0 Å². The maximum absolute atomic E-state index is 2.60. The quantitative estimate of drug-likeness (QED) is 0.165. The van der Waals surface area contributed by atoms with Crippen molar-refractivity contribution in [3.63, 3.8) is 0 Å². The summed E-state index contributed by atoms with van der Waals surface area (Å²) in [6.07, 6.45) is 4.87. The Bertz CT molecular complexity index is 2630. The molecule has 0 radical (unpaired) electrons. The Morgan fingerprint density at radius 1 is 0.538 bits per heavy atom. The van der Waals surface area contributed by atoms with Crippen molar-refractivity contribution in [3.8, 4) is 16.8 Å². The van der Waals surface area contributed by atoms with Gasteiger partial charge in [0.05, 0.1) is 0 Å². The van der Waals surface area contributed by atoms with E-state index in [1.165, 1.54) is 81.5 Å². The zero-order chi connectivity index (χ0) is 35.5. The Labute approximate surface area is 312 Å². The summed E-state index contributed by atoms with van der Waals surface area (Å²) in [7, 11) is 0. The first-order valence-corrected chi connectivity index (χ1v) is 20.0. The molecular weight excluding hydrogens is 698 g/mol. The van der Waals surface area contributed by atoms with Crippen LogP contribution in [0.1, 0.15) is 52.7 Å². The number of benzene rings is 5. The van der Waals surface area contributed by atoms with Gasteiger partial charge in [-0.05, 0) is 0 Å².